The van der Waals surface area contributed by atoms with Crippen LogP contribution in [0.2, 0.25) is 0 Å². The molecule has 128 valence electrons. The number of hydrogen-bond donors (Lipinski definition) is 2. The smallest absolute Gasteiger partial charge is 0.328 e. The van der Waals surface area contributed by atoms with Gasteiger partial charge in [0.1, 0.15) is 11.7 Å². The van der Waals surface area contributed by atoms with Crippen LogP contribution in [-0.4, -0.2) is 36.0 Å². The molecule has 0 radical (unpaired) electrons. The highest BCUT2D eigenvalue weighted by Gasteiger charge is 2.22. The molecule has 1 amide bonds. The number of esters is 1. The first-order valence-electron chi connectivity index (χ1n) is 7.51. The standard InChI is InChI=1S/C16H19N3O5/c1-10(16(21)24-2)17-15(20)11-7-8-13(14(9-11)19(22)23)18-12-5-3-4-6-12/h3-4,7-10,12,18H,5-6H2,1-2H3,(H,17,20). The number of nitrogens with one attached hydrogen (secondary N) is 2. The van der Waals surface area contributed by atoms with Crippen LogP contribution < -0.4 is 10.6 Å². The lowest BCUT2D eigenvalue weighted by Gasteiger charge is -2.15. The number of nitrogens with zero attached hydrogens (tertiary/aromatic N) is 1. The Bertz CT molecular complexity index is 678. The fourth-order valence-electron chi connectivity index (χ4n) is 2.42. The normalized spacial score (nSPS) is 14.9. The maximum Gasteiger partial charge on any atom is 0.328 e. The van der Waals surface area contributed by atoms with Crippen LogP contribution in [0.15, 0.2) is 30.4 Å². The van der Waals surface area contributed by atoms with Crippen LogP contribution in [0, 0.1) is 10.1 Å². The van der Waals surface area contributed by atoms with Crippen molar-refractivity contribution < 1.29 is 19.2 Å². The fraction of sp³-hybridized carbons (Fsp3) is 0.375. The Morgan fingerprint density at radius 2 is 2.00 bits per heavy atom. The fourth-order valence-corrected chi connectivity index (χ4v) is 2.42. The van der Waals surface area contributed by atoms with E-state index in [-0.39, 0.29) is 17.3 Å². The second-order valence-corrected chi connectivity index (χ2v) is 5.49. The number of hydrogen-bond acceptors (Lipinski definition) is 6. The third-order valence-corrected chi connectivity index (χ3v) is 3.73. The number of carbonyl (C=O) groups excluding carboxylic acids is 2. The average molecular weight is 333 g/mol. The minimum atomic E-state index is -0.844. The summed E-state index contributed by atoms with van der Waals surface area (Å²) in [5.74, 6) is -1.17. The van der Waals surface area contributed by atoms with Gasteiger partial charge in [0.25, 0.3) is 11.6 Å². The molecule has 1 atom stereocenters. The molecule has 8 heteroatoms. The maximum absolute atomic E-state index is 12.1. The van der Waals surface area contributed by atoms with Crippen molar-refractivity contribution >= 4 is 23.3 Å². The Morgan fingerprint density at radius 1 is 1.33 bits per heavy atom. The summed E-state index contributed by atoms with van der Waals surface area (Å²) in [6.07, 6.45) is 5.63. The number of amides is 1. The van der Waals surface area contributed by atoms with Crippen molar-refractivity contribution in [2.24, 2.45) is 0 Å². The Hall–Kier alpha value is -2.90. The predicted octanol–water partition coefficient (Wildman–Crippen LogP) is 2.02. The monoisotopic (exact) mass is 333 g/mol. The molecule has 8 nitrogen and oxygen atoms in total. The van der Waals surface area contributed by atoms with E-state index in [1.165, 1.54) is 32.2 Å². The number of nitro benzene ring substituents is 1. The second-order valence-electron chi connectivity index (χ2n) is 5.49. The third-order valence-electron chi connectivity index (χ3n) is 3.73. The summed E-state index contributed by atoms with van der Waals surface area (Å²) in [6.45, 7) is 1.47. The van der Waals surface area contributed by atoms with E-state index < -0.39 is 22.8 Å². The SMILES string of the molecule is COC(=O)C(C)NC(=O)c1ccc(NC2CC=CC2)c([N+](=O)[O-])c1. The van der Waals surface area contributed by atoms with Gasteiger partial charge in [0.15, 0.2) is 0 Å². The molecule has 24 heavy (non-hydrogen) atoms. The molecule has 1 unspecified atom stereocenters. The number of carbonyl (C=O) groups is 2. The molecule has 0 aliphatic heterocycles. The summed E-state index contributed by atoms with van der Waals surface area (Å²) in [5, 5.41) is 16.8. The van der Waals surface area contributed by atoms with Crippen LogP contribution in [0.5, 0.6) is 0 Å². The van der Waals surface area contributed by atoms with Gasteiger partial charge in [0.2, 0.25) is 0 Å². The lowest BCUT2D eigenvalue weighted by Crippen LogP contribution is -2.39. The van der Waals surface area contributed by atoms with Crippen LogP contribution in [0.3, 0.4) is 0 Å². The topological polar surface area (TPSA) is 111 Å². The van der Waals surface area contributed by atoms with Crippen molar-refractivity contribution in [2.75, 3.05) is 12.4 Å². The van der Waals surface area contributed by atoms with Crippen LogP contribution in [0.25, 0.3) is 0 Å². The van der Waals surface area contributed by atoms with Crippen LogP contribution in [0.1, 0.15) is 30.1 Å². The highest BCUT2D eigenvalue weighted by Crippen LogP contribution is 2.28. The molecule has 2 rings (SSSR count). The van der Waals surface area contributed by atoms with Gasteiger partial charge in [-0.2, -0.15) is 0 Å². The number of methoxy groups -OCH3 is 1. The summed E-state index contributed by atoms with van der Waals surface area (Å²) in [6, 6.07) is 3.46. The first kappa shape index (κ1) is 17.5. The predicted molar refractivity (Wildman–Crippen MR) is 87.8 cm³/mol. The quantitative estimate of drug-likeness (QED) is 0.357. The molecular weight excluding hydrogens is 314 g/mol. The molecule has 0 aromatic heterocycles. The van der Waals surface area contributed by atoms with E-state index in [0.717, 1.165) is 12.8 Å². The highest BCUT2D eigenvalue weighted by atomic mass is 16.6. The Labute approximate surface area is 139 Å². The number of rotatable bonds is 6. The van der Waals surface area contributed by atoms with Crippen molar-refractivity contribution in [3.63, 3.8) is 0 Å². The molecule has 0 saturated heterocycles. The number of anilines is 1. The summed E-state index contributed by atoms with van der Waals surface area (Å²) >= 11 is 0. The summed E-state index contributed by atoms with van der Waals surface area (Å²) < 4.78 is 4.53. The van der Waals surface area contributed by atoms with Gasteiger partial charge < -0.3 is 15.4 Å². The first-order chi connectivity index (χ1) is 11.4. The van der Waals surface area contributed by atoms with Crippen molar-refractivity contribution in [2.45, 2.75) is 31.8 Å². The zero-order chi connectivity index (χ0) is 17.7. The molecule has 0 bridgehead atoms. The van der Waals surface area contributed by atoms with E-state index >= 15 is 0 Å². The van der Waals surface area contributed by atoms with E-state index in [1.807, 2.05) is 12.2 Å². The highest BCUT2D eigenvalue weighted by molar-refractivity contribution is 5.97. The number of benzene rings is 1. The lowest BCUT2D eigenvalue weighted by atomic mass is 10.1. The van der Waals surface area contributed by atoms with Crippen molar-refractivity contribution in [3.8, 4) is 0 Å². The molecule has 1 aliphatic carbocycles. The molecule has 1 aliphatic rings. The molecule has 1 aromatic rings. The van der Waals surface area contributed by atoms with Crippen molar-refractivity contribution in [1.82, 2.24) is 5.32 Å². The van der Waals surface area contributed by atoms with Gasteiger partial charge in [-0.1, -0.05) is 12.2 Å². The molecule has 0 fully saturated rings. The van der Waals surface area contributed by atoms with Crippen molar-refractivity contribution in [1.29, 1.82) is 0 Å². The summed E-state index contributed by atoms with van der Waals surface area (Å²) in [4.78, 5) is 34.2. The van der Waals surface area contributed by atoms with E-state index in [0.29, 0.717) is 5.69 Å². The van der Waals surface area contributed by atoms with Gasteiger partial charge in [0.05, 0.1) is 12.0 Å². The minimum Gasteiger partial charge on any atom is -0.467 e. The van der Waals surface area contributed by atoms with Gasteiger partial charge in [-0.3, -0.25) is 14.9 Å². The largest absolute Gasteiger partial charge is 0.467 e. The number of ether oxygens (including phenoxy) is 1. The first-order valence-corrected chi connectivity index (χ1v) is 7.51. The minimum absolute atomic E-state index is 0.104. The van der Waals surface area contributed by atoms with Gasteiger partial charge >= 0.3 is 5.97 Å². The van der Waals surface area contributed by atoms with Gasteiger partial charge in [-0.15, -0.1) is 0 Å². The van der Waals surface area contributed by atoms with Crippen LogP contribution in [0.4, 0.5) is 11.4 Å². The average Bonchev–Trinajstić information content (AvgIpc) is 3.06. The van der Waals surface area contributed by atoms with Crippen molar-refractivity contribution in [3.05, 3.63) is 46.0 Å². The lowest BCUT2D eigenvalue weighted by molar-refractivity contribution is -0.384. The van der Waals surface area contributed by atoms with Crippen LogP contribution >= 0.6 is 0 Å². The number of nitro groups is 1. The maximum atomic E-state index is 12.1. The summed E-state index contributed by atoms with van der Waals surface area (Å²) in [5.41, 5.74) is 0.291. The van der Waals surface area contributed by atoms with Gasteiger partial charge in [-0.25, -0.2) is 4.79 Å². The molecule has 0 spiro atoms. The molecule has 0 saturated carbocycles. The van der Waals surface area contributed by atoms with E-state index in [2.05, 4.69) is 15.4 Å². The Morgan fingerprint density at radius 3 is 2.58 bits per heavy atom. The zero-order valence-corrected chi connectivity index (χ0v) is 13.4. The van der Waals surface area contributed by atoms with E-state index in [9.17, 15) is 19.7 Å². The molecule has 0 heterocycles. The molecule has 2 N–H and O–H groups in total. The van der Waals surface area contributed by atoms with Crippen LogP contribution in [-0.2, 0) is 9.53 Å². The molecule has 1 aromatic carbocycles. The second kappa shape index (κ2) is 7.58. The van der Waals surface area contributed by atoms with E-state index in [4.69, 9.17) is 0 Å². The van der Waals surface area contributed by atoms with Gasteiger partial charge in [-0.05, 0) is 31.9 Å². The van der Waals surface area contributed by atoms with E-state index in [1.54, 1.807) is 0 Å². The molecular formula is C16H19N3O5. The Kier molecular flexibility index (Phi) is 5.51. The zero-order valence-electron chi connectivity index (χ0n) is 13.4. The third kappa shape index (κ3) is 4.09. The van der Waals surface area contributed by atoms with Gasteiger partial charge in [0, 0.05) is 17.7 Å². The summed E-state index contributed by atoms with van der Waals surface area (Å²) in [7, 11) is 1.22. The Balaban J connectivity index is 2.16.